The fraction of sp³-hybridized carbons (Fsp3) is 0.538. The van der Waals surface area contributed by atoms with Crippen LogP contribution in [0.3, 0.4) is 0 Å². The number of benzene rings is 1. The number of hydrogen-bond donors (Lipinski definition) is 2. The molecular formula is C13H20N2O3S. The Balaban J connectivity index is 2.44. The number of anilines is 2. The first kappa shape index (κ1) is 14.1. The van der Waals surface area contributed by atoms with E-state index in [-0.39, 0.29) is 17.5 Å². The van der Waals surface area contributed by atoms with Crippen LogP contribution in [0.15, 0.2) is 23.1 Å². The van der Waals surface area contributed by atoms with E-state index in [1.807, 2.05) is 4.90 Å². The van der Waals surface area contributed by atoms with Crippen molar-refractivity contribution in [3.8, 4) is 0 Å². The van der Waals surface area contributed by atoms with Crippen LogP contribution in [0.1, 0.15) is 13.3 Å². The van der Waals surface area contributed by atoms with Crippen LogP contribution in [0.5, 0.6) is 0 Å². The van der Waals surface area contributed by atoms with Gasteiger partial charge in [0.25, 0.3) is 0 Å². The Bertz CT molecular complexity index is 571. The Labute approximate surface area is 113 Å². The van der Waals surface area contributed by atoms with Gasteiger partial charge in [-0.1, -0.05) is 6.92 Å². The SMILES string of the molecule is C[C@H]1C[C@@H](CO)N(c2cc(S(C)(=O)=O)ccc2N)C1. The maximum atomic E-state index is 11.6. The zero-order chi connectivity index (χ0) is 14.2. The molecule has 1 aliphatic heterocycles. The van der Waals surface area contributed by atoms with E-state index < -0.39 is 9.84 Å². The molecule has 0 unspecified atom stereocenters. The molecule has 0 bridgehead atoms. The van der Waals surface area contributed by atoms with Crippen LogP contribution < -0.4 is 10.6 Å². The zero-order valence-corrected chi connectivity index (χ0v) is 12.0. The highest BCUT2D eigenvalue weighted by Crippen LogP contribution is 2.34. The number of sulfone groups is 1. The summed E-state index contributed by atoms with van der Waals surface area (Å²) < 4.78 is 23.2. The van der Waals surface area contributed by atoms with E-state index in [0.29, 0.717) is 17.3 Å². The number of hydrogen-bond acceptors (Lipinski definition) is 5. The second-order valence-corrected chi connectivity index (χ2v) is 7.34. The molecule has 6 heteroatoms. The van der Waals surface area contributed by atoms with Crippen molar-refractivity contribution >= 4 is 21.2 Å². The van der Waals surface area contributed by atoms with Crippen LogP contribution in [0.2, 0.25) is 0 Å². The minimum Gasteiger partial charge on any atom is -0.397 e. The second-order valence-electron chi connectivity index (χ2n) is 5.32. The fourth-order valence-corrected chi connectivity index (χ4v) is 3.26. The van der Waals surface area contributed by atoms with Gasteiger partial charge in [-0.2, -0.15) is 0 Å². The van der Waals surface area contributed by atoms with E-state index in [9.17, 15) is 13.5 Å². The van der Waals surface area contributed by atoms with Gasteiger partial charge >= 0.3 is 0 Å². The van der Waals surface area contributed by atoms with Gasteiger partial charge in [0.15, 0.2) is 9.84 Å². The van der Waals surface area contributed by atoms with Gasteiger partial charge in [0.05, 0.1) is 28.9 Å². The normalized spacial score (nSPS) is 23.8. The van der Waals surface area contributed by atoms with Gasteiger partial charge in [-0.05, 0) is 30.5 Å². The van der Waals surface area contributed by atoms with Crippen molar-refractivity contribution in [3.63, 3.8) is 0 Å². The maximum absolute atomic E-state index is 11.6. The van der Waals surface area contributed by atoms with Gasteiger partial charge < -0.3 is 15.7 Å². The third-order valence-corrected chi connectivity index (χ3v) is 4.68. The lowest BCUT2D eigenvalue weighted by Crippen LogP contribution is -2.32. The summed E-state index contributed by atoms with van der Waals surface area (Å²) in [6.45, 7) is 2.94. The molecule has 3 N–H and O–H groups in total. The summed E-state index contributed by atoms with van der Waals surface area (Å²) in [6, 6.07) is 4.74. The van der Waals surface area contributed by atoms with Gasteiger partial charge in [0, 0.05) is 12.8 Å². The van der Waals surface area contributed by atoms with Crippen molar-refractivity contribution in [1.82, 2.24) is 0 Å². The lowest BCUT2D eigenvalue weighted by atomic mass is 10.1. The summed E-state index contributed by atoms with van der Waals surface area (Å²) in [5, 5.41) is 9.43. The Morgan fingerprint density at radius 1 is 1.47 bits per heavy atom. The second kappa shape index (κ2) is 5.02. The summed E-state index contributed by atoms with van der Waals surface area (Å²) >= 11 is 0. The Morgan fingerprint density at radius 3 is 2.74 bits per heavy atom. The first-order valence-corrected chi connectivity index (χ1v) is 8.19. The third kappa shape index (κ3) is 2.84. The maximum Gasteiger partial charge on any atom is 0.175 e. The molecular weight excluding hydrogens is 264 g/mol. The van der Waals surface area contributed by atoms with Crippen LogP contribution in [0.25, 0.3) is 0 Å². The average molecular weight is 284 g/mol. The van der Waals surface area contributed by atoms with E-state index in [4.69, 9.17) is 5.73 Å². The predicted molar refractivity (Wildman–Crippen MR) is 76.0 cm³/mol. The van der Waals surface area contributed by atoms with Crippen LogP contribution in [0.4, 0.5) is 11.4 Å². The Kier molecular flexibility index (Phi) is 3.73. The molecule has 1 fully saturated rings. The van der Waals surface area contributed by atoms with Gasteiger partial charge in [-0.3, -0.25) is 0 Å². The highest BCUT2D eigenvalue weighted by Gasteiger charge is 2.30. The van der Waals surface area contributed by atoms with Gasteiger partial charge in [-0.15, -0.1) is 0 Å². The molecule has 2 rings (SSSR count). The minimum absolute atomic E-state index is 0.00658. The minimum atomic E-state index is -3.25. The van der Waals surface area contributed by atoms with E-state index in [2.05, 4.69) is 6.92 Å². The molecule has 0 spiro atoms. The van der Waals surface area contributed by atoms with Crippen molar-refractivity contribution in [3.05, 3.63) is 18.2 Å². The zero-order valence-electron chi connectivity index (χ0n) is 11.2. The lowest BCUT2D eigenvalue weighted by Gasteiger charge is -2.27. The fourth-order valence-electron chi connectivity index (χ4n) is 2.62. The third-order valence-electron chi connectivity index (χ3n) is 3.57. The van der Waals surface area contributed by atoms with Gasteiger partial charge in [0.1, 0.15) is 0 Å². The highest BCUT2D eigenvalue weighted by molar-refractivity contribution is 7.90. The molecule has 2 atom stereocenters. The van der Waals surface area contributed by atoms with Gasteiger partial charge in [0.2, 0.25) is 0 Å². The first-order chi connectivity index (χ1) is 8.82. The first-order valence-electron chi connectivity index (χ1n) is 6.30. The predicted octanol–water partition coefficient (Wildman–Crippen LogP) is 0.879. The monoisotopic (exact) mass is 284 g/mol. The summed E-state index contributed by atoms with van der Waals surface area (Å²) in [7, 11) is -3.25. The molecule has 19 heavy (non-hydrogen) atoms. The number of nitrogens with zero attached hydrogens (tertiary/aromatic N) is 1. The van der Waals surface area contributed by atoms with Crippen LogP contribution in [0, 0.1) is 5.92 Å². The number of nitrogen functional groups attached to an aromatic ring is 1. The molecule has 1 aromatic rings. The molecule has 0 aromatic heterocycles. The number of nitrogens with two attached hydrogens (primary N) is 1. The molecule has 5 nitrogen and oxygen atoms in total. The standard InChI is InChI=1S/C13H20N2O3S/c1-9-5-10(8-16)15(7-9)13-6-11(19(2,17)18)3-4-12(13)14/h3-4,6,9-10,16H,5,7-8,14H2,1-2H3/t9-,10-/m0/s1. The molecule has 0 radical (unpaired) electrons. The average Bonchev–Trinajstić information content (AvgIpc) is 2.69. The smallest absolute Gasteiger partial charge is 0.175 e. The molecule has 0 saturated carbocycles. The van der Waals surface area contributed by atoms with Crippen LogP contribution >= 0.6 is 0 Å². The number of aliphatic hydroxyl groups is 1. The van der Waals surface area contributed by atoms with Gasteiger partial charge in [-0.25, -0.2) is 8.42 Å². The number of rotatable bonds is 3. The summed E-state index contributed by atoms with van der Waals surface area (Å²) in [4.78, 5) is 2.27. The lowest BCUT2D eigenvalue weighted by molar-refractivity contribution is 0.264. The highest BCUT2D eigenvalue weighted by atomic mass is 32.2. The number of aliphatic hydroxyl groups excluding tert-OH is 1. The van der Waals surface area contributed by atoms with Crippen molar-refractivity contribution in [2.45, 2.75) is 24.3 Å². The molecule has 1 heterocycles. The van der Waals surface area contributed by atoms with Crippen LogP contribution in [-0.2, 0) is 9.84 Å². The molecule has 106 valence electrons. The summed E-state index contributed by atoms with van der Waals surface area (Å²) in [5.74, 6) is 0.457. The van der Waals surface area contributed by atoms with Crippen molar-refractivity contribution in [2.75, 3.05) is 30.0 Å². The van der Waals surface area contributed by atoms with Crippen LogP contribution in [-0.4, -0.2) is 39.0 Å². The molecule has 0 aliphatic carbocycles. The van der Waals surface area contributed by atoms with E-state index in [1.54, 1.807) is 12.1 Å². The summed E-state index contributed by atoms with van der Waals surface area (Å²) in [5.41, 5.74) is 7.20. The molecule has 0 amide bonds. The Morgan fingerprint density at radius 2 is 2.16 bits per heavy atom. The van der Waals surface area contributed by atoms with E-state index in [1.165, 1.54) is 12.3 Å². The van der Waals surface area contributed by atoms with Crippen molar-refractivity contribution in [2.24, 2.45) is 5.92 Å². The molecule has 1 aromatic carbocycles. The Hall–Kier alpha value is -1.27. The van der Waals surface area contributed by atoms with E-state index >= 15 is 0 Å². The quantitative estimate of drug-likeness (QED) is 0.805. The van der Waals surface area contributed by atoms with E-state index in [0.717, 1.165) is 13.0 Å². The molecule has 1 aliphatic rings. The van der Waals surface area contributed by atoms with Crippen molar-refractivity contribution in [1.29, 1.82) is 0 Å². The topological polar surface area (TPSA) is 83.6 Å². The largest absolute Gasteiger partial charge is 0.397 e. The molecule has 1 saturated heterocycles. The van der Waals surface area contributed by atoms with Crippen molar-refractivity contribution < 1.29 is 13.5 Å². The summed E-state index contributed by atoms with van der Waals surface area (Å²) in [6.07, 6.45) is 2.07.